The summed E-state index contributed by atoms with van der Waals surface area (Å²) in [5, 5.41) is 20.5. The maximum Gasteiger partial charge on any atom is 0.259 e. The second-order valence-electron chi connectivity index (χ2n) is 9.45. The number of nitrogens with one attached hydrogen (secondary N) is 2. The van der Waals surface area contributed by atoms with Crippen molar-refractivity contribution < 1.29 is 4.79 Å². The molecular weight excluding hydrogens is 428 g/mol. The maximum atomic E-state index is 13.3. The zero-order valence-electron chi connectivity index (χ0n) is 19.5. The third-order valence-electron chi connectivity index (χ3n) is 6.76. The normalized spacial score (nSPS) is 16.9. The summed E-state index contributed by atoms with van der Waals surface area (Å²) in [5.41, 5.74) is 4.80. The number of piperidine rings is 1. The fourth-order valence-corrected chi connectivity index (χ4v) is 4.89. The van der Waals surface area contributed by atoms with E-state index >= 15 is 0 Å². The number of carbonyl (C=O) groups is 1. The highest BCUT2D eigenvalue weighted by atomic mass is 16.1. The first-order valence-electron chi connectivity index (χ1n) is 12.0. The number of aryl methyl sites for hydroxylation is 2. The molecule has 2 N–H and O–H groups in total. The van der Waals surface area contributed by atoms with Crippen molar-refractivity contribution in [3.63, 3.8) is 0 Å². The Hall–Kier alpha value is -3.59. The van der Waals surface area contributed by atoms with Crippen LogP contribution in [0.2, 0.25) is 0 Å². The number of nitrogens with zero attached hydrogens (tertiary/aromatic N) is 6. The molecular formula is C25H28N8O. The Labute approximate surface area is 197 Å². The summed E-state index contributed by atoms with van der Waals surface area (Å²) in [4.78, 5) is 20.1. The van der Waals surface area contributed by atoms with Gasteiger partial charge in [0.25, 0.3) is 5.91 Å². The summed E-state index contributed by atoms with van der Waals surface area (Å²) in [6.07, 6.45) is 8.42. The summed E-state index contributed by atoms with van der Waals surface area (Å²) in [5.74, 6) is 0.214. The van der Waals surface area contributed by atoms with Gasteiger partial charge < -0.3 is 15.5 Å². The SMILES string of the molecule is Cc1cn2nc(NC(=O)c3ccc(N4CCC(NC5CC5)CC4)c4ccnnc34)cc(C)c2n1. The van der Waals surface area contributed by atoms with E-state index in [2.05, 4.69) is 35.8 Å². The number of hydrogen-bond acceptors (Lipinski definition) is 7. The van der Waals surface area contributed by atoms with Crippen molar-refractivity contribution in [1.82, 2.24) is 30.1 Å². The maximum absolute atomic E-state index is 13.3. The molecule has 3 aromatic heterocycles. The molecule has 9 heteroatoms. The molecule has 2 aliphatic rings. The molecule has 174 valence electrons. The molecule has 1 saturated carbocycles. The van der Waals surface area contributed by atoms with Gasteiger partial charge in [-0.2, -0.15) is 5.10 Å². The van der Waals surface area contributed by atoms with Gasteiger partial charge in [0.2, 0.25) is 0 Å². The Morgan fingerprint density at radius 2 is 1.85 bits per heavy atom. The summed E-state index contributed by atoms with van der Waals surface area (Å²) in [6, 6.07) is 9.01. The predicted molar refractivity (Wildman–Crippen MR) is 131 cm³/mol. The van der Waals surface area contributed by atoms with Gasteiger partial charge in [0, 0.05) is 36.2 Å². The van der Waals surface area contributed by atoms with E-state index in [-0.39, 0.29) is 5.91 Å². The highest BCUT2D eigenvalue weighted by Crippen LogP contribution is 2.31. The van der Waals surface area contributed by atoms with E-state index in [1.165, 1.54) is 12.8 Å². The second-order valence-corrected chi connectivity index (χ2v) is 9.45. The van der Waals surface area contributed by atoms with Gasteiger partial charge in [-0.3, -0.25) is 4.79 Å². The Balaban J connectivity index is 1.26. The van der Waals surface area contributed by atoms with Crippen LogP contribution < -0.4 is 15.5 Å². The summed E-state index contributed by atoms with van der Waals surface area (Å²) < 4.78 is 1.70. The topological polar surface area (TPSA) is 100 Å². The number of carbonyl (C=O) groups excluding carboxylic acids is 1. The minimum Gasteiger partial charge on any atom is -0.371 e. The van der Waals surface area contributed by atoms with E-state index in [4.69, 9.17) is 0 Å². The van der Waals surface area contributed by atoms with Crippen LogP contribution in [0, 0.1) is 13.8 Å². The molecule has 6 rings (SSSR count). The standard InChI is InChI=1S/C25H28N8O/c1-15-13-22(31-33-14-16(2)27-24(15)33)29-25(34)20-5-6-21(19-7-10-26-30-23(19)20)32-11-8-18(9-12-32)28-17-3-4-17/h5-7,10,13-14,17-18,28H,3-4,8-9,11-12H2,1-2H3,(H,29,31,34). The number of rotatable bonds is 5. The van der Waals surface area contributed by atoms with Crippen molar-refractivity contribution in [2.24, 2.45) is 0 Å². The van der Waals surface area contributed by atoms with E-state index in [1.807, 2.05) is 44.3 Å². The highest BCUT2D eigenvalue weighted by Gasteiger charge is 2.28. The van der Waals surface area contributed by atoms with Gasteiger partial charge in [-0.15, -0.1) is 10.2 Å². The van der Waals surface area contributed by atoms with Gasteiger partial charge in [0.05, 0.1) is 23.7 Å². The molecule has 4 aromatic rings. The molecule has 0 radical (unpaired) electrons. The quantitative estimate of drug-likeness (QED) is 0.475. The molecule has 1 aliphatic heterocycles. The summed E-state index contributed by atoms with van der Waals surface area (Å²) in [7, 11) is 0. The lowest BCUT2D eigenvalue weighted by Crippen LogP contribution is -2.43. The molecule has 1 amide bonds. The first-order chi connectivity index (χ1) is 16.5. The first-order valence-corrected chi connectivity index (χ1v) is 12.0. The molecule has 0 unspecified atom stereocenters. The largest absolute Gasteiger partial charge is 0.371 e. The molecule has 0 bridgehead atoms. The van der Waals surface area contributed by atoms with Crippen LogP contribution in [0.15, 0.2) is 36.7 Å². The fraction of sp³-hybridized carbons (Fsp3) is 0.400. The van der Waals surface area contributed by atoms with Gasteiger partial charge in [-0.1, -0.05) is 0 Å². The lowest BCUT2D eigenvalue weighted by atomic mass is 10.0. The van der Waals surface area contributed by atoms with Crippen molar-refractivity contribution in [1.29, 1.82) is 0 Å². The van der Waals surface area contributed by atoms with E-state index in [1.54, 1.807) is 10.7 Å². The van der Waals surface area contributed by atoms with Crippen LogP contribution in [0.5, 0.6) is 0 Å². The summed E-state index contributed by atoms with van der Waals surface area (Å²) in [6.45, 7) is 5.85. The number of anilines is 2. The Morgan fingerprint density at radius 3 is 2.65 bits per heavy atom. The average Bonchev–Trinajstić information content (AvgIpc) is 3.57. The molecule has 9 nitrogen and oxygen atoms in total. The van der Waals surface area contributed by atoms with Crippen LogP contribution in [0.4, 0.5) is 11.5 Å². The predicted octanol–water partition coefficient (Wildman–Crippen LogP) is 3.26. The van der Waals surface area contributed by atoms with E-state index < -0.39 is 0 Å². The van der Waals surface area contributed by atoms with Crippen molar-refractivity contribution in [3.05, 3.63) is 53.5 Å². The molecule has 0 atom stereocenters. The minimum absolute atomic E-state index is 0.257. The van der Waals surface area contributed by atoms with Crippen LogP contribution in [0.1, 0.15) is 47.3 Å². The highest BCUT2D eigenvalue weighted by molar-refractivity contribution is 6.13. The molecule has 34 heavy (non-hydrogen) atoms. The van der Waals surface area contributed by atoms with E-state index in [0.29, 0.717) is 22.9 Å². The minimum atomic E-state index is -0.257. The Bertz CT molecular complexity index is 1380. The van der Waals surface area contributed by atoms with Crippen LogP contribution in [0.3, 0.4) is 0 Å². The average molecular weight is 457 g/mol. The molecule has 1 aromatic carbocycles. The van der Waals surface area contributed by atoms with Gasteiger partial charge >= 0.3 is 0 Å². The van der Waals surface area contributed by atoms with Crippen molar-refractivity contribution in [2.45, 2.75) is 51.6 Å². The van der Waals surface area contributed by atoms with E-state index in [9.17, 15) is 4.79 Å². The molecule has 1 saturated heterocycles. The lowest BCUT2D eigenvalue weighted by Gasteiger charge is -2.34. The molecule has 0 spiro atoms. The third kappa shape index (κ3) is 3.96. The van der Waals surface area contributed by atoms with E-state index in [0.717, 1.165) is 60.0 Å². The molecule has 2 fully saturated rings. The van der Waals surface area contributed by atoms with Gasteiger partial charge in [-0.25, -0.2) is 9.50 Å². The number of benzene rings is 1. The van der Waals surface area contributed by atoms with Gasteiger partial charge in [0.15, 0.2) is 11.5 Å². The van der Waals surface area contributed by atoms with Gasteiger partial charge in [-0.05, 0) is 69.4 Å². The zero-order chi connectivity index (χ0) is 23.2. The molecule has 1 aliphatic carbocycles. The number of aromatic nitrogens is 5. The van der Waals surface area contributed by atoms with Crippen LogP contribution >= 0.6 is 0 Å². The van der Waals surface area contributed by atoms with Gasteiger partial charge in [0.1, 0.15) is 5.52 Å². The zero-order valence-corrected chi connectivity index (χ0v) is 19.5. The monoisotopic (exact) mass is 456 g/mol. The van der Waals surface area contributed by atoms with Crippen LogP contribution in [-0.4, -0.2) is 55.9 Å². The third-order valence-corrected chi connectivity index (χ3v) is 6.76. The van der Waals surface area contributed by atoms with Crippen molar-refractivity contribution in [3.8, 4) is 0 Å². The first kappa shape index (κ1) is 21.0. The molecule has 4 heterocycles. The lowest BCUT2D eigenvalue weighted by molar-refractivity contribution is 0.102. The van der Waals surface area contributed by atoms with Crippen LogP contribution in [-0.2, 0) is 0 Å². The number of amides is 1. The fourth-order valence-electron chi connectivity index (χ4n) is 4.89. The Kier molecular flexibility index (Phi) is 5.13. The van der Waals surface area contributed by atoms with Crippen molar-refractivity contribution >= 4 is 34.0 Å². The summed E-state index contributed by atoms with van der Waals surface area (Å²) >= 11 is 0. The number of fused-ring (bicyclic) bond motifs is 2. The van der Waals surface area contributed by atoms with Crippen LogP contribution in [0.25, 0.3) is 16.6 Å². The Morgan fingerprint density at radius 1 is 1.06 bits per heavy atom. The second kappa shape index (κ2) is 8.32. The number of imidazole rings is 1. The van der Waals surface area contributed by atoms with Crippen molar-refractivity contribution in [2.75, 3.05) is 23.3 Å². The smallest absolute Gasteiger partial charge is 0.259 e. The number of hydrogen-bond donors (Lipinski definition) is 2.